The fourth-order valence-electron chi connectivity index (χ4n) is 9.93. The number of fused-ring (bicyclic) bond motifs is 5. The van der Waals surface area contributed by atoms with E-state index >= 15 is 0 Å². The van der Waals surface area contributed by atoms with Gasteiger partial charge in [-0.25, -0.2) is 4.79 Å². The summed E-state index contributed by atoms with van der Waals surface area (Å²) in [6, 6.07) is 0. The first-order valence-corrected chi connectivity index (χ1v) is 14.6. The number of hydrogen-bond donors (Lipinski definition) is 1. The molecule has 0 aromatic carbocycles. The molecule has 2 unspecified atom stereocenters. The second-order valence-corrected chi connectivity index (χ2v) is 13.1. The molecule has 1 heterocycles. The van der Waals surface area contributed by atoms with Crippen LogP contribution in [0.5, 0.6) is 0 Å². The summed E-state index contributed by atoms with van der Waals surface area (Å²) in [5.41, 5.74) is 8.37. The molecule has 8 atom stereocenters. The average molecular weight is 475 g/mol. The quantitative estimate of drug-likeness (QED) is 0.496. The van der Waals surface area contributed by atoms with E-state index in [4.69, 9.17) is 15.2 Å². The molecule has 194 valence electrons. The van der Waals surface area contributed by atoms with Gasteiger partial charge in [0.25, 0.3) is 0 Å². The third-order valence-electron chi connectivity index (χ3n) is 12.0. The Morgan fingerprint density at radius 2 is 1.82 bits per heavy atom. The van der Waals surface area contributed by atoms with E-state index in [9.17, 15) is 4.79 Å². The van der Waals surface area contributed by atoms with Crippen molar-refractivity contribution < 1.29 is 14.3 Å². The molecule has 5 aliphatic rings. The van der Waals surface area contributed by atoms with Crippen molar-refractivity contribution in [3.05, 3.63) is 0 Å². The van der Waals surface area contributed by atoms with Crippen molar-refractivity contribution in [1.82, 2.24) is 4.90 Å². The average Bonchev–Trinajstić information content (AvgIpc) is 3.18. The first-order valence-electron chi connectivity index (χ1n) is 14.6. The van der Waals surface area contributed by atoms with Crippen molar-refractivity contribution in [1.29, 1.82) is 0 Å². The van der Waals surface area contributed by atoms with Gasteiger partial charge < -0.3 is 20.1 Å². The van der Waals surface area contributed by atoms with Crippen molar-refractivity contribution in [3.8, 4) is 0 Å². The molecule has 4 saturated carbocycles. The molecule has 0 aromatic heterocycles. The summed E-state index contributed by atoms with van der Waals surface area (Å²) in [4.78, 5) is 14.1. The van der Waals surface area contributed by atoms with Gasteiger partial charge in [-0.2, -0.15) is 0 Å². The monoisotopic (exact) mass is 474 g/mol. The molecule has 1 amide bonds. The molecule has 1 aliphatic heterocycles. The number of carbonyl (C=O) groups is 1. The van der Waals surface area contributed by atoms with Gasteiger partial charge in [-0.1, -0.05) is 40.0 Å². The third kappa shape index (κ3) is 3.92. The lowest BCUT2D eigenvalue weighted by atomic mass is 9.39. The summed E-state index contributed by atoms with van der Waals surface area (Å²) in [7, 11) is 0. The number of hydrogen-bond acceptors (Lipinski definition) is 4. The molecule has 34 heavy (non-hydrogen) atoms. The Morgan fingerprint density at radius 1 is 1.03 bits per heavy atom. The van der Waals surface area contributed by atoms with E-state index in [1.54, 1.807) is 4.90 Å². The van der Waals surface area contributed by atoms with Crippen LogP contribution in [-0.2, 0) is 9.47 Å². The van der Waals surface area contributed by atoms with E-state index in [1.165, 1.54) is 70.6 Å². The molecule has 0 bridgehead atoms. The van der Waals surface area contributed by atoms with Gasteiger partial charge in [0.1, 0.15) is 0 Å². The van der Waals surface area contributed by atoms with E-state index in [2.05, 4.69) is 20.8 Å². The van der Waals surface area contributed by atoms with Crippen LogP contribution in [0, 0.1) is 40.4 Å². The number of rotatable bonds is 5. The van der Waals surface area contributed by atoms with Crippen LogP contribution in [0.2, 0.25) is 0 Å². The van der Waals surface area contributed by atoms with Gasteiger partial charge in [0.2, 0.25) is 0 Å². The van der Waals surface area contributed by atoms with Gasteiger partial charge in [-0.05, 0) is 98.2 Å². The number of nitrogens with two attached hydrogens (primary N) is 1. The second kappa shape index (κ2) is 9.57. The lowest BCUT2D eigenvalue weighted by molar-refractivity contribution is -0.152. The van der Waals surface area contributed by atoms with E-state index in [0.29, 0.717) is 49.7 Å². The van der Waals surface area contributed by atoms with Crippen LogP contribution in [0.3, 0.4) is 0 Å². The Balaban J connectivity index is 1.22. The van der Waals surface area contributed by atoms with Crippen molar-refractivity contribution in [2.45, 2.75) is 103 Å². The zero-order valence-corrected chi connectivity index (χ0v) is 22.2. The molecule has 0 aromatic rings. The fourth-order valence-corrected chi connectivity index (χ4v) is 9.93. The maximum atomic E-state index is 12.3. The predicted molar refractivity (Wildman–Crippen MR) is 135 cm³/mol. The van der Waals surface area contributed by atoms with E-state index in [1.807, 2.05) is 0 Å². The van der Waals surface area contributed by atoms with Gasteiger partial charge in [0, 0.05) is 18.6 Å². The molecular weight excluding hydrogens is 424 g/mol. The van der Waals surface area contributed by atoms with Crippen LogP contribution in [-0.4, -0.2) is 49.4 Å². The highest BCUT2D eigenvalue weighted by atomic mass is 16.6. The molecule has 5 nitrogen and oxygen atoms in total. The van der Waals surface area contributed by atoms with Gasteiger partial charge in [0.15, 0.2) is 0 Å². The topological polar surface area (TPSA) is 64.8 Å². The third-order valence-corrected chi connectivity index (χ3v) is 12.0. The largest absolute Gasteiger partial charge is 0.449 e. The minimum atomic E-state index is -0.160. The molecule has 1 saturated heterocycles. The number of morpholine rings is 1. The molecule has 2 N–H and O–H groups in total. The smallest absolute Gasteiger partial charge is 0.409 e. The molecule has 5 rings (SSSR count). The summed E-state index contributed by atoms with van der Waals surface area (Å²) < 4.78 is 11.0. The maximum Gasteiger partial charge on any atom is 0.409 e. The Morgan fingerprint density at radius 3 is 2.59 bits per heavy atom. The second-order valence-electron chi connectivity index (χ2n) is 13.1. The van der Waals surface area contributed by atoms with Crippen LogP contribution in [0.1, 0.15) is 97.8 Å². The molecule has 5 heteroatoms. The zero-order valence-electron chi connectivity index (χ0n) is 22.2. The molecular formula is C29H50N2O3. The van der Waals surface area contributed by atoms with Crippen LogP contribution in [0.4, 0.5) is 4.79 Å². The minimum Gasteiger partial charge on any atom is -0.449 e. The van der Waals surface area contributed by atoms with Crippen molar-refractivity contribution in [3.63, 3.8) is 0 Å². The van der Waals surface area contributed by atoms with Crippen LogP contribution in [0.15, 0.2) is 0 Å². The molecule has 0 spiro atoms. The molecule has 4 aliphatic carbocycles. The fraction of sp³-hybridized carbons (Fsp3) is 0.966. The lowest BCUT2D eigenvalue weighted by Crippen LogP contribution is -2.71. The number of amides is 1. The van der Waals surface area contributed by atoms with Crippen molar-refractivity contribution in [2.24, 2.45) is 46.2 Å². The molecule has 5 fully saturated rings. The molecule has 0 radical (unpaired) electrons. The van der Waals surface area contributed by atoms with Crippen LogP contribution in [0.25, 0.3) is 0 Å². The Hall–Kier alpha value is -0.810. The van der Waals surface area contributed by atoms with E-state index in [-0.39, 0.29) is 11.6 Å². The highest BCUT2D eigenvalue weighted by molar-refractivity contribution is 5.67. The summed E-state index contributed by atoms with van der Waals surface area (Å²) in [6.45, 7) is 10.7. The number of nitrogens with zero attached hydrogens (tertiary/aromatic N) is 1. The standard InChI is InChI=1S/C29H50N2O3/c1-4-21-20-25-24-11-10-22(8-7-17-34-26(32)31-15-18-33-19-16-31)27(24,2)13-14-29(25,30)28(3)12-6-5-9-23(21)28/h21-25H,4-20,30H2,1-3H3/t21-,22?,23-,24?,25-,27+,28-,29+/m0/s1. The highest BCUT2D eigenvalue weighted by Gasteiger charge is 2.66. The van der Waals surface area contributed by atoms with Crippen LogP contribution < -0.4 is 5.73 Å². The summed E-state index contributed by atoms with van der Waals surface area (Å²) in [6.07, 6.45) is 15.5. The van der Waals surface area contributed by atoms with Crippen molar-refractivity contribution >= 4 is 6.09 Å². The Bertz CT molecular complexity index is 739. The normalized spacial score (nSPS) is 46.4. The van der Waals surface area contributed by atoms with E-state index < -0.39 is 0 Å². The lowest BCUT2D eigenvalue weighted by Gasteiger charge is -2.68. The van der Waals surface area contributed by atoms with Gasteiger partial charge in [-0.15, -0.1) is 0 Å². The maximum absolute atomic E-state index is 12.3. The SMILES string of the molecule is CC[C@H]1C[C@H]2C3CCC(CCCOC(=O)N4CCOCC4)[C@@]3(C)CC[C@]2(N)[C@@]2(C)CCCC[C@@H]12. The summed E-state index contributed by atoms with van der Waals surface area (Å²) in [5, 5.41) is 0. The Labute approximate surface area is 207 Å². The predicted octanol–water partition coefficient (Wildman–Crippen LogP) is 6.00. The first-order chi connectivity index (χ1) is 16.3. The van der Waals surface area contributed by atoms with Gasteiger partial charge in [-0.3, -0.25) is 0 Å². The summed E-state index contributed by atoms with van der Waals surface area (Å²) in [5.74, 6) is 3.94. The van der Waals surface area contributed by atoms with Crippen molar-refractivity contribution in [2.75, 3.05) is 32.9 Å². The highest BCUT2D eigenvalue weighted by Crippen LogP contribution is 2.69. The van der Waals surface area contributed by atoms with Gasteiger partial charge in [0.05, 0.1) is 19.8 Å². The van der Waals surface area contributed by atoms with Crippen LogP contribution >= 0.6 is 0 Å². The first kappa shape index (κ1) is 24.9. The number of ether oxygens (including phenoxy) is 2. The Kier molecular flexibility index (Phi) is 7.00. The number of carbonyl (C=O) groups excluding carboxylic acids is 1. The zero-order chi connectivity index (χ0) is 24.0. The minimum absolute atomic E-state index is 0.0382. The van der Waals surface area contributed by atoms with Gasteiger partial charge >= 0.3 is 6.09 Å². The summed E-state index contributed by atoms with van der Waals surface area (Å²) >= 11 is 0. The van der Waals surface area contributed by atoms with E-state index in [0.717, 1.165) is 30.1 Å².